The van der Waals surface area contributed by atoms with Gasteiger partial charge in [0.25, 0.3) is 0 Å². The van der Waals surface area contributed by atoms with Crippen molar-refractivity contribution in [3.05, 3.63) is 54.4 Å². The van der Waals surface area contributed by atoms with Gasteiger partial charge < -0.3 is 15.0 Å². The molecule has 1 N–H and O–H groups in total. The van der Waals surface area contributed by atoms with E-state index >= 15 is 0 Å². The van der Waals surface area contributed by atoms with Crippen molar-refractivity contribution in [3.63, 3.8) is 0 Å². The molecule has 0 fully saturated rings. The number of nitrogens with zero attached hydrogens (tertiary/aromatic N) is 2. The summed E-state index contributed by atoms with van der Waals surface area (Å²) in [6, 6.07) is 10.8. The highest BCUT2D eigenvalue weighted by Gasteiger charge is 2.14. The second kappa shape index (κ2) is 8.67. The number of amides is 2. The van der Waals surface area contributed by atoms with Crippen LogP contribution >= 0.6 is 0 Å². The topological polar surface area (TPSA) is 71.5 Å². The van der Waals surface area contributed by atoms with Crippen molar-refractivity contribution in [2.45, 2.75) is 20.4 Å². The second-order valence-corrected chi connectivity index (χ2v) is 5.24. The maximum Gasteiger partial charge on any atom is 0.244 e. The van der Waals surface area contributed by atoms with Gasteiger partial charge in [-0.2, -0.15) is 0 Å². The van der Waals surface area contributed by atoms with Crippen LogP contribution in [0.2, 0.25) is 0 Å². The summed E-state index contributed by atoms with van der Waals surface area (Å²) in [5, 5.41) is 2.78. The number of carbonyl (C=O) groups excluding carboxylic acids is 2. The van der Waals surface area contributed by atoms with Crippen LogP contribution in [0.25, 0.3) is 0 Å². The fourth-order valence-corrected chi connectivity index (χ4v) is 2.16. The predicted molar refractivity (Wildman–Crippen MR) is 91.6 cm³/mol. The summed E-state index contributed by atoms with van der Waals surface area (Å²) in [5.74, 6) is 0.343. The van der Waals surface area contributed by atoms with E-state index < -0.39 is 0 Å². The molecule has 1 aromatic carbocycles. The van der Waals surface area contributed by atoms with Crippen LogP contribution in [-0.2, 0) is 16.1 Å². The molecule has 0 radical (unpaired) electrons. The normalized spacial score (nSPS) is 10.1. The van der Waals surface area contributed by atoms with Gasteiger partial charge in [-0.1, -0.05) is 0 Å². The number of hydrogen-bond acceptors (Lipinski definition) is 4. The Balaban J connectivity index is 1.94. The van der Waals surface area contributed by atoms with Gasteiger partial charge in [0.1, 0.15) is 12.3 Å². The van der Waals surface area contributed by atoms with Crippen LogP contribution in [0.1, 0.15) is 19.4 Å². The van der Waals surface area contributed by atoms with Crippen molar-refractivity contribution >= 4 is 17.5 Å². The van der Waals surface area contributed by atoms with Gasteiger partial charge in [-0.3, -0.25) is 14.6 Å². The first-order valence-corrected chi connectivity index (χ1v) is 7.75. The van der Waals surface area contributed by atoms with Crippen molar-refractivity contribution in [1.29, 1.82) is 0 Å². The molecule has 0 atom stereocenters. The Morgan fingerprint density at radius 2 is 1.79 bits per heavy atom. The molecule has 6 nitrogen and oxygen atoms in total. The van der Waals surface area contributed by atoms with Gasteiger partial charge in [0.2, 0.25) is 11.8 Å². The van der Waals surface area contributed by atoms with Crippen molar-refractivity contribution in [1.82, 2.24) is 9.88 Å². The maximum absolute atomic E-state index is 12.2. The molecule has 0 aliphatic carbocycles. The van der Waals surface area contributed by atoms with Crippen molar-refractivity contribution in [2.75, 3.05) is 18.5 Å². The van der Waals surface area contributed by atoms with E-state index in [1.807, 2.05) is 19.1 Å². The number of benzene rings is 1. The second-order valence-electron chi connectivity index (χ2n) is 5.24. The van der Waals surface area contributed by atoms with E-state index in [1.165, 1.54) is 11.8 Å². The molecule has 0 bridgehead atoms. The van der Waals surface area contributed by atoms with Crippen molar-refractivity contribution in [2.24, 2.45) is 0 Å². The van der Waals surface area contributed by atoms with Gasteiger partial charge in [0.05, 0.1) is 6.61 Å². The van der Waals surface area contributed by atoms with Crippen LogP contribution in [0.3, 0.4) is 0 Å². The van der Waals surface area contributed by atoms with Gasteiger partial charge in [0, 0.05) is 31.5 Å². The molecule has 1 aromatic heterocycles. The Morgan fingerprint density at radius 1 is 1.12 bits per heavy atom. The first-order chi connectivity index (χ1) is 11.6. The van der Waals surface area contributed by atoms with E-state index in [1.54, 1.807) is 36.7 Å². The lowest BCUT2D eigenvalue weighted by molar-refractivity contribution is -0.133. The van der Waals surface area contributed by atoms with Gasteiger partial charge in [-0.05, 0) is 48.9 Å². The molecule has 1 heterocycles. The van der Waals surface area contributed by atoms with Crippen LogP contribution < -0.4 is 10.1 Å². The van der Waals surface area contributed by atoms with Crippen molar-refractivity contribution < 1.29 is 14.3 Å². The smallest absolute Gasteiger partial charge is 0.244 e. The van der Waals surface area contributed by atoms with Gasteiger partial charge in [-0.25, -0.2) is 0 Å². The first kappa shape index (κ1) is 17.5. The molecule has 2 aromatic rings. The van der Waals surface area contributed by atoms with Crippen LogP contribution in [-0.4, -0.2) is 34.8 Å². The number of ether oxygens (including phenoxy) is 1. The van der Waals surface area contributed by atoms with E-state index in [2.05, 4.69) is 10.3 Å². The molecule has 2 amide bonds. The number of pyridine rings is 1. The lowest BCUT2D eigenvalue weighted by Gasteiger charge is -2.20. The van der Waals surface area contributed by atoms with E-state index in [-0.39, 0.29) is 18.4 Å². The third-order valence-corrected chi connectivity index (χ3v) is 3.35. The molecule has 0 unspecified atom stereocenters. The predicted octanol–water partition coefficient (Wildman–Crippen LogP) is 2.47. The standard InChI is InChI=1S/C18H21N3O3/c1-3-24-17-6-4-16(5-7-17)20-18(23)13-21(14(2)22)12-15-8-10-19-11-9-15/h4-11H,3,12-13H2,1-2H3,(H,20,23). The number of hydrogen-bond donors (Lipinski definition) is 1. The molecule has 0 aliphatic rings. The molecule has 126 valence electrons. The Bertz CT molecular complexity index is 672. The molecule has 24 heavy (non-hydrogen) atoms. The first-order valence-electron chi connectivity index (χ1n) is 7.75. The minimum Gasteiger partial charge on any atom is -0.494 e. The van der Waals surface area contributed by atoms with Gasteiger partial charge in [-0.15, -0.1) is 0 Å². The fourth-order valence-electron chi connectivity index (χ4n) is 2.16. The average molecular weight is 327 g/mol. The highest BCUT2D eigenvalue weighted by molar-refractivity contribution is 5.94. The zero-order valence-corrected chi connectivity index (χ0v) is 13.9. The van der Waals surface area contributed by atoms with Crippen LogP contribution in [0, 0.1) is 0 Å². The monoisotopic (exact) mass is 327 g/mol. The summed E-state index contributed by atoms with van der Waals surface area (Å²) in [4.78, 5) is 29.4. The molecule has 0 spiro atoms. The van der Waals surface area contributed by atoms with Crippen LogP contribution in [0.4, 0.5) is 5.69 Å². The SMILES string of the molecule is CCOc1ccc(NC(=O)CN(Cc2ccncc2)C(C)=O)cc1. The fraction of sp³-hybridized carbons (Fsp3) is 0.278. The molecule has 0 aliphatic heterocycles. The number of nitrogens with one attached hydrogen (secondary N) is 1. The highest BCUT2D eigenvalue weighted by atomic mass is 16.5. The summed E-state index contributed by atoms with van der Waals surface area (Å²) in [7, 11) is 0. The Labute approximate surface area is 141 Å². The lowest BCUT2D eigenvalue weighted by atomic mass is 10.2. The van der Waals surface area contributed by atoms with E-state index in [4.69, 9.17) is 4.74 Å². The summed E-state index contributed by atoms with van der Waals surface area (Å²) in [6.45, 7) is 4.31. The molecule has 6 heteroatoms. The number of rotatable bonds is 7. The Morgan fingerprint density at radius 3 is 2.38 bits per heavy atom. The summed E-state index contributed by atoms with van der Waals surface area (Å²) in [5.41, 5.74) is 1.59. The number of carbonyl (C=O) groups is 2. The van der Waals surface area contributed by atoms with E-state index in [9.17, 15) is 9.59 Å². The summed E-state index contributed by atoms with van der Waals surface area (Å²) >= 11 is 0. The maximum atomic E-state index is 12.2. The van der Waals surface area contributed by atoms with Gasteiger partial charge in [0.15, 0.2) is 0 Å². The Hall–Kier alpha value is -2.89. The molecular formula is C18H21N3O3. The summed E-state index contributed by atoms with van der Waals surface area (Å²) in [6.07, 6.45) is 3.32. The van der Waals surface area contributed by atoms with Crippen LogP contribution in [0.5, 0.6) is 5.75 Å². The van der Waals surface area contributed by atoms with Crippen molar-refractivity contribution in [3.8, 4) is 5.75 Å². The van der Waals surface area contributed by atoms with Gasteiger partial charge >= 0.3 is 0 Å². The largest absolute Gasteiger partial charge is 0.494 e. The quantitative estimate of drug-likeness (QED) is 0.848. The van der Waals surface area contributed by atoms with E-state index in [0.717, 1.165) is 11.3 Å². The van der Waals surface area contributed by atoms with E-state index in [0.29, 0.717) is 18.8 Å². The highest BCUT2D eigenvalue weighted by Crippen LogP contribution is 2.15. The van der Waals surface area contributed by atoms with Crippen LogP contribution in [0.15, 0.2) is 48.8 Å². The summed E-state index contributed by atoms with van der Waals surface area (Å²) < 4.78 is 5.36. The zero-order chi connectivity index (χ0) is 17.4. The Kier molecular flexibility index (Phi) is 6.31. The third kappa shape index (κ3) is 5.39. The molecule has 0 saturated heterocycles. The average Bonchev–Trinajstić information content (AvgIpc) is 2.57. The number of aromatic nitrogens is 1. The number of anilines is 1. The minimum atomic E-state index is -0.247. The molecular weight excluding hydrogens is 306 g/mol. The zero-order valence-electron chi connectivity index (χ0n) is 13.9. The molecule has 2 rings (SSSR count). The lowest BCUT2D eigenvalue weighted by Crippen LogP contribution is -2.36. The molecule has 0 saturated carbocycles. The minimum absolute atomic E-state index is 0.00906. The third-order valence-electron chi connectivity index (χ3n) is 3.35.